The van der Waals surface area contributed by atoms with E-state index in [4.69, 9.17) is 9.47 Å². The van der Waals surface area contributed by atoms with Crippen molar-refractivity contribution < 1.29 is 9.47 Å². The number of nitrogens with one attached hydrogen (secondary N) is 1. The maximum atomic E-state index is 5.75. The van der Waals surface area contributed by atoms with Crippen LogP contribution < -0.4 is 5.32 Å². The molecule has 2 saturated heterocycles. The Labute approximate surface area is 98.3 Å². The second kappa shape index (κ2) is 5.45. The third-order valence-corrected chi connectivity index (χ3v) is 3.56. The first-order valence-electron chi connectivity index (χ1n) is 6.32. The van der Waals surface area contributed by atoms with Crippen LogP contribution in [0.25, 0.3) is 0 Å². The number of hydrogen-bond donors (Lipinski definition) is 1. The van der Waals surface area contributed by atoms with Gasteiger partial charge in [-0.1, -0.05) is 0 Å². The summed E-state index contributed by atoms with van der Waals surface area (Å²) in [6, 6.07) is 0.522. The highest BCUT2D eigenvalue weighted by Crippen LogP contribution is 2.18. The van der Waals surface area contributed by atoms with Crippen molar-refractivity contribution in [1.29, 1.82) is 0 Å². The van der Waals surface area contributed by atoms with Gasteiger partial charge in [0.2, 0.25) is 0 Å². The minimum absolute atomic E-state index is 0.360. The van der Waals surface area contributed by atoms with Gasteiger partial charge in [0, 0.05) is 31.6 Å². The molecule has 0 aromatic rings. The summed E-state index contributed by atoms with van der Waals surface area (Å²) >= 11 is 0. The number of ether oxygens (including phenoxy) is 2. The van der Waals surface area contributed by atoms with Gasteiger partial charge in [-0.3, -0.25) is 4.90 Å². The first kappa shape index (κ1) is 12.3. The molecule has 0 radical (unpaired) electrons. The summed E-state index contributed by atoms with van der Waals surface area (Å²) in [5.74, 6) is 0.627. The van der Waals surface area contributed by atoms with Crippen LogP contribution in [0.3, 0.4) is 0 Å². The van der Waals surface area contributed by atoms with Gasteiger partial charge in [-0.05, 0) is 20.9 Å². The molecule has 4 nitrogen and oxygen atoms in total. The summed E-state index contributed by atoms with van der Waals surface area (Å²) in [6.07, 6.45) is 0.721. The lowest BCUT2D eigenvalue weighted by atomic mass is 10.0. The fourth-order valence-electron chi connectivity index (χ4n) is 2.86. The molecule has 2 aliphatic heterocycles. The predicted molar refractivity (Wildman–Crippen MR) is 63.6 cm³/mol. The Bertz CT molecular complexity index is 215. The van der Waals surface area contributed by atoms with Gasteiger partial charge in [0.1, 0.15) is 0 Å². The molecule has 0 amide bonds. The van der Waals surface area contributed by atoms with Gasteiger partial charge in [-0.15, -0.1) is 0 Å². The summed E-state index contributed by atoms with van der Waals surface area (Å²) in [6.45, 7) is 9.30. The molecular weight excluding hydrogens is 204 g/mol. The molecule has 4 atom stereocenters. The Morgan fingerprint density at radius 3 is 2.50 bits per heavy atom. The van der Waals surface area contributed by atoms with Crippen LogP contribution >= 0.6 is 0 Å². The molecule has 0 spiro atoms. The van der Waals surface area contributed by atoms with Crippen LogP contribution in [0.5, 0.6) is 0 Å². The van der Waals surface area contributed by atoms with E-state index in [1.165, 1.54) is 0 Å². The fourth-order valence-corrected chi connectivity index (χ4v) is 2.86. The molecule has 16 heavy (non-hydrogen) atoms. The monoisotopic (exact) mass is 228 g/mol. The summed E-state index contributed by atoms with van der Waals surface area (Å²) in [4.78, 5) is 2.52. The topological polar surface area (TPSA) is 33.7 Å². The Hall–Kier alpha value is -0.160. The Kier molecular flexibility index (Phi) is 4.19. The van der Waals surface area contributed by atoms with Crippen LogP contribution in [0.15, 0.2) is 0 Å². The van der Waals surface area contributed by atoms with Crippen molar-refractivity contribution in [3.05, 3.63) is 0 Å². The van der Waals surface area contributed by atoms with E-state index in [1.807, 2.05) is 7.05 Å². The average Bonchev–Trinajstić information content (AvgIpc) is 2.63. The van der Waals surface area contributed by atoms with E-state index >= 15 is 0 Å². The second-order valence-corrected chi connectivity index (χ2v) is 5.17. The van der Waals surface area contributed by atoms with E-state index in [2.05, 4.69) is 24.1 Å². The summed E-state index contributed by atoms with van der Waals surface area (Å²) in [5.41, 5.74) is 0. The van der Waals surface area contributed by atoms with Crippen molar-refractivity contribution in [3.8, 4) is 0 Å². The Balaban J connectivity index is 1.84. The molecule has 0 aromatic heterocycles. The standard InChI is InChI=1S/C12H24N2O2/c1-9-4-14(5-10(2)16-9)6-11-7-15-8-12(11)13-3/h9-13H,4-8H2,1-3H3. The lowest BCUT2D eigenvalue weighted by molar-refractivity contribution is -0.0720. The molecule has 4 unspecified atom stereocenters. The highest BCUT2D eigenvalue weighted by molar-refractivity contribution is 4.84. The Morgan fingerprint density at radius 2 is 1.88 bits per heavy atom. The third-order valence-electron chi connectivity index (χ3n) is 3.56. The number of rotatable bonds is 3. The zero-order valence-electron chi connectivity index (χ0n) is 10.6. The zero-order chi connectivity index (χ0) is 11.5. The van der Waals surface area contributed by atoms with E-state index in [0.29, 0.717) is 24.2 Å². The van der Waals surface area contributed by atoms with Gasteiger partial charge in [0.25, 0.3) is 0 Å². The average molecular weight is 228 g/mol. The largest absolute Gasteiger partial charge is 0.379 e. The van der Waals surface area contributed by atoms with Crippen molar-refractivity contribution >= 4 is 0 Å². The molecule has 0 aromatic carbocycles. The molecule has 1 N–H and O–H groups in total. The van der Waals surface area contributed by atoms with E-state index in [0.717, 1.165) is 32.8 Å². The first-order chi connectivity index (χ1) is 7.69. The molecule has 0 aliphatic carbocycles. The molecule has 2 heterocycles. The van der Waals surface area contributed by atoms with Crippen molar-refractivity contribution in [1.82, 2.24) is 10.2 Å². The van der Waals surface area contributed by atoms with Gasteiger partial charge < -0.3 is 14.8 Å². The molecule has 2 aliphatic rings. The molecule has 2 fully saturated rings. The van der Waals surface area contributed by atoms with E-state index in [9.17, 15) is 0 Å². The molecular formula is C12H24N2O2. The molecule has 2 rings (SSSR count). The van der Waals surface area contributed by atoms with Crippen molar-refractivity contribution in [2.75, 3.05) is 39.9 Å². The minimum Gasteiger partial charge on any atom is -0.379 e. The Morgan fingerprint density at radius 1 is 1.19 bits per heavy atom. The quantitative estimate of drug-likeness (QED) is 0.755. The number of hydrogen-bond acceptors (Lipinski definition) is 4. The molecule has 94 valence electrons. The smallest absolute Gasteiger partial charge is 0.0678 e. The first-order valence-corrected chi connectivity index (χ1v) is 6.32. The van der Waals surface area contributed by atoms with Crippen molar-refractivity contribution in [3.63, 3.8) is 0 Å². The highest BCUT2D eigenvalue weighted by atomic mass is 16.5. The fraction of sp³-hybridized carbons (Fsp3) is 1.00. The van der Waals surface area contributed by atoms with Gasteiger partial charge in [0.15, 0.2) is 0 Å². The normalized spacial score (nSPS) is 41.4. The predicted octanol–water partition coefficient (Wildman–Crippen LogP) is 0.330. The van der Waals surface area contributed by atoms with Crippen LogP contribution in [0.2, 0.25) is 0 Å². The number of morpholine rings is 1. The number of nitrogens with zero attached hydrogens (tertiary/aromatic N) is 1. The maximum absolute atomic E-state index is 5.75. The summed E-state index contributed by atoms with van der Waals surface area (Å²) in [5, 5.41) is 3.34. The lowest BCUT2D eigenvalue weighted by Gasteiger charge is -2.37. The van der Waals surface area contributed by atoms with Gasteiger partial charge in [-0.2, -0.15) is 0 Å². The van der Waals surface area contributed by atoms with E-state index < -0.39 is 0 Å². The second-order valence-electron chi connectivity index (χ2n) is 5.17. The third kappa shape index (κ3) is 2.94. The van der Waals surface area contributed by atoms with Crippen LogP contribution in [0.1, 0.15) is 13.8 Å². The van der Waals surface area contributed by atoms with E-state index in [-0.39, 0.29) is 0 Å². The van der Waals surface area contributed by atoms with Crippen LogP contribution in [0.4, 0.5) is 0 Å². The molecule has 4 heteroatoms. The van der Waals surface area contributed by atoms with E-state index in [1.54, 1.807) is 0 Å². The SMILES string of the molecule is CNC1COCC1CN1CC(C)OC(C)C1. The maximum Gasteiger partial charge on any atom is 0.0678 e. The van der Waals surface area contributed by atoms with Crippen molar-refractivity contribution in [2.24, 2.45) is 5.92 Å². The van der Waals surface area contributed by atoms with Crippen LogP contribution in [-0.2, 0) is 9.47 Å². The van der Waals surface area contributed by atoms with Gasteiger partial charge in [-0.25, -0.2) is 0 Å². The van der Waals surface area contributed by atoms with Crippen LogP contribution in [-0.4, -0.2) is 63.0 Å². The van der Waals surface area contributed by atoms with Crippen molar-refractivity contribution in [2.45, 2.75) is 32.1 Å². The van der Waals surface area contributed by atoms with Gasteiger partial charge >= 0.3 is 0 Å². The number of likely N-dealkylation sites (N-methyl/N-ethyl adjacent to an activating group) is 1. The zero-order valence-corrected chi connectivity index (χ0v) is 10.6. The molecule has 0 saturated carbocycles. The van der Waals surface area contributed by atoms with Gasteiger partial charge in [0.05, 0.1) is 25.4 Å². The summed E-state index contributed by atoms with van der Waals surface area (Å²) < 4.78 is 11.3. The molecule has 0 bridgehead atoms. The minimum atomic E-state index is 0.360. The lowest BCUT2D eigenvalue weighted by Crippen LogP contribution is -2.49. The van der Waals surface area contributed by atoms with Crippen LogP contribution in [0, 0.1) is 5.92 Å². The summed E-state index contributed by atoms with van der Waals surface area (Å²) in [7, 11) is 2.02. The highest BCUT2D eigenvalue weighted by Gasteiger charge is 2.31.